The molecular weight excluding hydrogens is 515 g/mol. The van der Waals surface area contributed by atoms with Crippen LogP contribution in [0.25, 0.3) is 0 Å². The van der Waals surface area contributed by atoms with Crippen LogP contribution in [0.2, 0.25) is 10.0 Å². The number of halogens is 3. The monoisotopic (exact) mass is 542 g/mol. The molecule has 0 bridgehead atoms. The number of nitrogens with one attached hydrogen (secondary N) is 1. The lowest BCUT2D eigenvalue weighted by molar-refractivity contribution is -0.142. The van der Waals surface area contributed by atoms with E-state index in [1.165, 1.54) is 4.90 Å². The molecule has 0 unspecified atom stereocenters. The maximum atomic E-state index is 13.2. The van der Waals surface area contributed by atoms with Crippen molar-refractivity contribution >= 4 is 50.9 Å². The fraction of sp³-hybridized carbons (Fsp3) is 0.417. The molecule has 0 aliphatic rings. The first-order chi connectivity index (χ1) is 15.1. The number of carbonyl (C=O) groups excluding carboxylic acids is 2. The van der Waals surface area contributed by atoms with E-state index in [0.717, 1.165) is 16.5 Å². The van der Waals surface area contributed by atoms with E-state index in [1.54, 1.807) is 25.1 Å². The standard InChI is InChI=1S/C24H29BrCl2N2O3/c1-5-17-6-9-22(20(25)10-17)32-14-23(30)29(16(4)24(31)28-12-15(2)3)13-18-7-8-19(26)11-21(18)27/h6-11,15-16H,5,12-14H2,1-4H3,(H,28,31)/t16-/m0/s1. The highest BCUT2D eigenvalue weighted by Gasteiger charge is 2.27. The van der Waals surface area contributed by atoms with Gasteiger partial charge in [-0.2, -0.15) is 0 Å². The summed E-state index contributed by atoms with van der Waals surface area (Å²) in [4.78, 5) is 27.3. The van der Waals surface area contributed by atoms with E-state index in [0.29, 0.717) is 33.8 Å². The third-order valence-electron chi connectivity index (χ3n) is 4.96. The lowest BCUT2D eigenvalue weighted by Crippen LogP contribution is -2.49. The molecule has 0 heterocycles. The van der Waals surface area contributed by atoms with Crippen LogP contribution in [0.15, 0.2) is 40.9 Å². The number of aryl methyl sites for hydroxylation is 1. The molecule has 0 spiro atoms. The van der Waals surface area contributed by atoms with Crippen LogP contribution in [-0.2, 0) is 22.6 Å². The summed E-state index contributed by atoms with van der Waals surface area (Å²) in [5.74, 6) is 0.310. The van der Waals surface area contributed by atoms with E-state index in [2.05, 4.69) is 28.2 Å². The Balaban J connectivity index is 2.19. The van der Waals surface area contributed by atoms with Crippen LogP contribution < -0.4 is 10.1 Å². The van der Waals surface area contributed by atoms with Gasteiger partial charge in [-0.3, -0.25) is 9.59 Å². The van der Waals surface area contributed by atoms with Crippen molar-refractivity contribution in [3.05, 3.63) is 62.0 Å². The SMILES string of the molecule is CCc1ccc(OCC(=O)N(Cc2ccc(Cl)cc2Cl)[C@@H](C)C(=O)NCC(C)C)c(Br)c1. The van der Waals surface area contributed by atoms with Gasteiger partial charge in [-0.25, -0.2) is 0 Å². The smallest absolute Gasteiger partial charge is 0.261 e. The number of nitrogens with zero attached hydrogens (tertiary/aromatic N) is 1. The molecule has 0 aliphatic heterocycles. The lowest BCUT2D eigenvalue weighted by Gasteiger charge is -2.29. The normalized spacial score (nSPS) is 11.9. The third kappa shape index (κ3) is 7.68. The summed E-state index contributed by atoms with van der Waals surface area (Å²) in [6.45, 7) is 8.26. The Hall–Kier alpha value is -1.76. The number of ether oxygens (including phenoxy) is 1. The van der Waals surface area contributed by atoms with Crippen molar-refractivity contribution in [2.45, 2.75) is 46.7 Å². The van der Waals surface area contributed by atoms with E-state index in [9.17, 15) is 9.59 Å². The van der Waals surface area contributed by atoms with Gasteiger partial charge in [0, 0.05) is 23.1 Å². The molecule has 0 aliphatic carbocycles. The molecule has 174 valence electrons. The van der Waals surface area contributed by atoms with Gasteiger partial charge >= 0.3 is 0 Å². The summed E-state index contributed by atoms with van der Waals surface area (Å²) < 4.78 is 6.55. The highest BCUT2D eigenvalue weighted by molar-refractivity contribution is 9.10. The fourth-order valence-corrected chi connectivity index (χ4v) is 3.98. The second-order valence-corrected chi connectivity index (χ2v) is 9.68. The van der Waals surface area contributed by atoms with Crippen LogP contribution in [0.4, 0.5) is 0 Å². The number of carbonyl (C=O) groups is 2. The largest absolute Gasteiger partial charge is 0.483 e. The maximum Gasteiger partial charge on any atom is 0.261 e. The highest BCUT2D eigenvalue weighted by Crippen LogP contribution is 2.27. The number of amides is 2. The van der Waals surface area contributed by atoms with Gasteiger partial charge in [0.2, 0.25) is 5.91 Å². The van der Waals surface area contributed by atoms with Crippen LogP contribution in [0.1, 0.15) is 38.8 Å². The van der Waals surface area contributed by atoms with Crippen LogP contribution in [-0.4, -0.2) is 35.9 Å². The van der Waals surface area contributed by atoms with Crippen molar-refractivity contribution in [3.8, 4) is 5.75 Å². The van der Waals surface area contributed by atoms with Gasteiger partial charge < -0.3 is 15.0 Å². The summed E-state index contributed by atoms with van der Waals surface area (Å²) in [7, 11) is 0. The van der Waals surface area contributed by atoms with Crippen LogP contribution in [0, 0.1) is 5.92 Å². The molecule has 0 fully saturated rings. The van der Waals surface area contributed by atoms with Crippen molar-refractivity contribution in [2.24, 2.45) is 5.92 Å². The second kappa shape index (κ2) is 12.5. The van der Waals surface area contributed by atoms with E-state index < -0.39 is 6.04 Å². The molecule has 1 atom stereocenters. The van der Waals surface area contributed by atoms with Crippen LogP contribution in [0.3, 0.4) is 0 Å². The molecule has 8 heteroatoms. The van der Waals surface area contributed by atoms with Crippen molar-refractivity contribution in [2.75, 3.05) is 13.2 Å². The summed E-state index contributed by atoms with van der Waals surface area (Å²) in [6, 6.07) is 10.1. The Morgan fingerprint density at radius 3 is 2.44 bits per heavy atom. The Morgan fingerprint density at radius 2 is 1.84 bits per heavy atom. The minimum absolute atomic E-state index is 0.157. The summed E-state index contributed by atoms with van der Waals surface area (Å²) >= 11 is 15.8. The van der Waals surface area contributed by atoms with Gasteiger partial charge in [-0.15, -0.1) is 0 Å². The Labute approximate surface area is 208 Å². The van der Waals surface area contributed by atoms with E-state index in [-0.39, 0.29) is 25.0 Å². The Bertz CT molecular complexity index is 953. The third-order valence-corrected chi connectivity index (χ3v) is 6.17. The number of benzene rings is 2. The van der Waals surface area contributed by atoms with Gasteiger partial charge in [0.05, 0.1) is 4.47 Å². The summed E-state index contributed by atoms with van der Waals surface area (Å²) in [5, 5.41) is 3.82. The quantitative estimate of drug-likeness (QED) is 0.406. The lowest BCUT2D eigenvalue weighted by atomic mass is 10.1. The first kappa shape index (κ1) is 26.5. The van der Waals surface area contributed by atoms with Crippen molar-refractivity contribution in [1.82, 2.24) is 10.2 Å². The average Bonchev–Trinajstić information content (AvgIpc) is 2.75. The molecule has 2 amide bonds. The predicted octanol–water partition coefficient (Wildman–Crippen LogP) is 5.89. The first-order valence-electron chi connectivity index (χ1n) is 10.5. The zero-order chi connectivity index (χ0) is 23.8. The van der Waals surface area contributed by atoms with Crippen LogP contribution >= 0.6 is 39.1 Å². The first-order valence-corrected chi connectivity index (χ1v) is 12.1. The Kier molecular flexibility index (Phi) is 10.3. The topological polar surface area (TPSA) is 58.6 Å². The van der Waals surface area contributed by atoms with Gasteiger partial charge in [0.25, 0.3) is 5.91 Å². The molecule has 0 radical (unpaired) electrons. The molecule has 2 rings (SSSR count). The van der Waals surface area contributed by atoms with E-state index in [4.69, 9.17) is 27.9 Å². The molecular formula is C24H29BrCl2N2O3. The van der Waals surface area contributed by atoms with Crippen LogP contribution in [0.5, 0.6) is 5.75 Å². The zero-order valence-electron chi connectivity index (χ0n) is 18.8. The summed E-state index contributed by atoms with van der Waals surface area (Å²) in [5.41, 5.74) is 1.85. The minimum Gasteiger partial charge on any atom is -0.483 e. The summed E-state index contributed by atoms with van der Waals surface area (Å²) in [6.07, 6.45) is 0.899. The number of hydrogen-bond acceptors (Lipinski definition) is 3. The average molecular weight is 544 g/mol. The van der Waals surface area contributed by atoms with Gasteiger partial charge in [0.15, 0.2) is 6.61 Å². The molecule has 2 aromatic carbocycles. The second-order valence-electron chi connectivity index (χ2n) is 7.98. The predicted molar refractivity (Wildman–Crippen MR) is 133 cm³/mol. The van der Waals surface area contributed by atoms with Gasteiger partial charge in [0.1, 0.15) is 11.8 Å². The van der Waals surface area contributed by atoms with Gasteiger partial charge in [-0.1, -0.05) is 56.1 Å². The minimum atomic E-state index is -0.706. The van der Waals surface area contributed by atoms with Crippen molar-refractivity contribution < 1.29 is 14.3 Å². The fourth-order valence-electron chi connectivity index (χ4n) is 2.97. The van der Waals surface area contributed by atoms with E-state index in [1.807, 2.05) is 32.0 Å². The van der Waals surface area contributed by atoms with Gasteiger partial charge in [-0.05, 0) is 70.6 Å². The van der Waals surface area contributed by atoms with Crippen molar-refractivity contribution in [1.29, 1.82) is 0 Å². The molecule has 32 heavy (non-hydrogen) atoms. The highest BCUT2D eigenvalue weighted by atomic mass is 79.9. The molecule has 0 saturated carbocycles. The number of rotatable bonds is 10. The van der Waals surface area contributed by atoms with E-state index >= 15 is 0 Å². The number of hydrogen-bond donors (Lipinski definition) is 1. The molecule has 5 nitrogen and oxygen atoms in total. The Morgan fingerprint density at radius 1 is 1.12 bits per heavy atom. The molecule has 1 N–H and O–H groups in total. The van der Waals surface area contributed by atoms with Crippen molar-refractivity contribution in [3.63, 3.8) is 0 Å². The maximum absolute atomic E-state index is 13.2. The molecule has 0 aromatic heterocycles. The molecule has 2 aromatic rings. The molecule has 0 saturated heterocycles. The zero-order valence-corrected chi connectivity index (χ0v) is 21.9.